The Morgan fingerprint density at radius 3 is 2.45 bits per heavy atom. The SMILES string of the molecule is CCCN(Cc1ccc(Cl)cc1F)c1ccc(N)cc1. The first-order valence-electron chi connectivity index (χ1n) is 6.64. The summed E-state index contributed by atoms with van der Waals surface area (Å²) < 4.78 is 13.9. The van der Waals surface area contributed by atoms with E-state index in [2.05, 4.69) is 11.8 Å². The molecule has 20 heavy (non-hydrogen) atoms. The van der Waals surface area contributed by atoms with Crippen molar-refractivity contribution in [3.05, 3.63) is 58.9 Å². The number of hydrogen-bond acceptors (Lipinski definition) is 2. The van der Waals surface area contributed by atoms with Crippen LogP contribution in [0, 0.1) is 5.82 Å². The van der Waals surface area contributed by atoms with Crippen molar-refractivity contribution in [3.8, 4) is 0 Å². The van der Waals surface area contributed by atoms with Crippen LogP contribution in [0.4, 0.5) is 15.8 Å². The molecule has 0 unspecified atom stereocenters. The summed E-state index contributed by atoms with van der Waals surface area (Å²) in [5.74, 6) is -0.269. The molecule has 2 nitrogen and oxygen atoms in total. The first-order valence-corrected chi connectivity index (χ1v) is 7.02. The van der Waals surface area contributed by atoms with Crippen LogP contribution in [0.15, 0.2) is 42.5 Å². The fraction of sp³-hybridized carbons (Fsp3) is 0.250. The zero-order valence-electron chi connectivity index (χ0n) is 11.4. The number of nitrogen functional groups attached to an aromatic ring is 1. The number of nitrogens with zero attached hydrogens (tertiary/aromatic N) is 1. The Bertz CT molecular complexity index is 569. The maximum Gasteiger partial charge on any atom is 0.129 e. The first kappa shape index (κ1) is 14.7. The molecule has 2 aromatic rings. The number of hydrogen-bond donors (Lipinski definition) is 1. The van der Waals surface area contributed by atoms with Crippen molar-refractivity contribution in [1.82, 2.24) is 0 Å². The highest BCUT2D eigenvalue weighted by Gasteiger charge is 2.10. The summed E-state index contributed by atoms with van der Waals surface area (Å²) in [4.78, 5) is 2.13. The minimum absolute atomic E-state index is 0.269. The van der Waals surface area contributed by atoms with Gasteiger partial charge in [-0.15, -0.1) is 0 Å². The highest BCUT2D eigenvalue weighted by atomic mass is 35.5. The molecule has 0 fully saturated rings. The van der Waals surface area contributed by atoms with E-state index in [0.29, 0.717) is 17.1 Å². The van der Waals surface area contributed by atoms with Crippen LogP contribution in [-0.4, -0.2) is 6.54 Å². The number of anilines is 2. The fourth-order valence-electron chi connectivity index (χ4n) is 2.11. The van der Waals surface area contributed by atoms with Gasteiger partial charge in [-0.3, -0.25) is 0 Å². The summed E-state index contributed by atoms with van der Waals surface area (Å²) >= 11 is 5.78. The maximum atomic E-state index is 13.9. The molecule has 0 spiro atoms. The molecular formula is C16H18ClFN2. The Hall–Kier alpha value is -1.74. The standard InChI is InChI=1S/C16H18ClFN2/c1-2-9-20(15-7-5-14(19)6-8-15)11-12-3-4-13(17)10-16(12)18/h3-8,10H,2,9,11,19H2,1H3. The second kappa shape index (κ2) is 6.62. The summed E-state index contributed by atoms with van der Waals surface area (Å²) in [7, 11) is 0. The number of halogens is 2. The van der Waals surface area contributed by atoms with E-state index in [9.17, 15) is 4.39 Å². The fourth-order valence-corrected chi connectivity index (χ4v) is 2.27. The number of benzene rings is 2. The highest BCUT2D eigenvalue weighted by Crippen LogP contribution is 2.22. The van der Waals surface area contributed by atoms with Gasteiger partial charge in [0.1, 0.15) is 5.82 Å². The van der Waals surface area contributed by atoms with Crippen LogP contribution in [0.1, 0.15) is 18.9 Å². The number of rotatable bonds is 5. The van der Waals surface area contributed by atoms with Crippen LogP contribution >= 0.6 is 11.6 Å². The summed E-state index contributed by atoms with van der Waals surface area (Å²) in [6.07, 6.45) is 0.986. The smallest absolute Gasteiger partial charge is 0.129 e. The van der Waals surface area contributed by atoms with Crippen molar-refractivity contribution in [2.24, 2.45) is 0 Å². The van der Waals surface area contributed by atoms with Gasteiger partial charge < -0.3 is 10.6 Å². The molecule has 4 heteroatoms. The van der Waals surface area contributed by atoms with Gasteiger partial charge in [0.2, 0.25) is 0 Å². The van der Waals surface area contributed by atoms with E-state index in [1.54, 1.807) is 12.1 Å². The zero-order valence-corrected chi connectivity index (χ0v) is 12.2. The molecule has 0 aliphatic carbocycles. The molecule has 0 heterocycles. The molecular weight excluding hydrogens is 275 g/mol. The highest BCUT2D eigenvalue weighted by molar-refractivity contribution is 6.30. The largest absolute Gasteiger partial charge is 0.399 e. The molecule has 0 saturated carbocycles. The molecule has 106 valence electrons. The third-order valence-electron chi connectivity index (χ3n) is 3.13. The predicted molar refractivity (Wildman–Crippen MR) is 83.6 cm³/mol. The van der Waals surface area contributed by atoms with E-state index in [1.165, 1.54) is 6.07 Å². The van der Waals surface area contributed by atoms with Gasteiger partial charge in [-0.2, -0.15) is 0 Å². The lowest BCUT2D eigenvalue weighted by atomic mass is 10.1. The Kier molecular flexibility index (Phi) is 4.85. The summed E-state index contributed by atoms with van der Waals surface area (Å²) in [5, 5.41) is 0.417. The van der Waals surface area contributed by atoms with Crippen molar-refractivity contribution >= 4 is 23.0 Å². The van der Waals surface area contributed by atoms with Crippen LogP contribution < -0.4 is 10.6 Å². The van der Waals surface area contributed by atoms with Crippen LogP contribution in [0.5, 0.6) is 0 Å². The third-order valence-corrected chi connectivity index (χ3v) is 3.36. The third kappa shape index (κ3) is 3.64. The molecule has 0 aliphatic rings. The van der Waals surface area contributed by atoms with Gasteiger partial charge in [-0.1, -0.05) is 24.6 Å². The quantitative estimate of drug-likeness (QED) is 0.823. The molecule has 0 radical (unpaired) electrons. The van der Waals surface area contributed by atoms with E-state index in [0.717, 1.165) is 24.3 Å². The van der Waals surface area contributed by atoms with Crippen molar-refractivity contribution in [2.45, 2.75) is 19.9 Å². The lowest BCUT2D eigenvalue weighted by molar-refractivity contribution is 0.603. The van der Waals surface area contributed by atoms with Crippen LogP contribution in [0.25, 0.3) is 0 Å². The molecule has 2 rings (SSSR count). The molecule has 0 aliphatic heterocycles. The Morgan fingerprint density at radius 1 is 1.15 bits per heavy atom. The molecule has 0 saturated heterocycles. The molecule has 0 bridgehead atoms. The van der Waals surface area contributed by atoms with Crippen LogP contribution in [0.3, 0.4) is 0 Å². The maximum absolute atomic E-state index is 13.9. The van der Waals surface area contributed by atoms with Gasteiger partial charge in [-0.05, 0) is 42.8 Å². The molecule has 0 amide bonds. The van der Waals surface area contributed by atoms with Gasteiger partial charge in [0.05, 0.1) is 0 Å². The lowest BCUT2D eigenvalue weighted by Gasteiger charge is -2.25. The van der Waals surface area contributed by atoms with Crippen molar-refractivity contribution in [2.75, 3.05) is 17.2 Å². The van der Waals surface area contributed by atoms with E-state index in [1.807, 2.05) is 24.3 Å². The number of nitrogens with two attached hydrogens (primary N) is 1. The summed E-state index contributed by atoms with van der Waals surface area (Å²) in [6.45, 7) is 3.47. The van der Waals surface area contributed by atoms with E-state index in [4.69, 9.17) is 17.3 Å². The predicted octanol–water partition coefficient (Wildman–Crippen LogP) is 4.48. The average Bonchev–Trinajstić information content (AvgIpc) is 2.42. The summed E-state index contributed by atoms with van der Waals surface area (Å²) in [6, 6.07) is 12.4. The Labute approximate surface area is 124 Å². The van der Waals surface area contributed by atoms with E-state index < -0.39 is 0 Å². The average molecular weight is 293 g/mol. The summed E-state index contributed by atoms with van der Waals surface area (Å²) in [5.41, 5.74) is 8.10. The Morgan fingerprint density at radius 2 is 1.85 bits per heavy atom. The van der Waals surface area contributed by atoms with Gasteiger partial charge >= 0.3 is 0 Å². The molecule has 0 aromatic heterocycles. The lowest BCUT2D eigenvalue weighted by Crippen LogP contribution is -2.24. The molecule has 0 atom stereocenters. The second-order valence-corrected chi connectivity index (χ2v) is 5.19. The van der Waals surface area contributed by atoms with Crippen LogP contribution in [0.2, 0.25) is 5.02 Å². The Balaban J connectivity index is 2.22. The topological polar surface area (TPSA) is 29.3 Å². The monoisotopic (exact) mass is 292 g/mol. The van der Waals surface area contributed by atoms with E-state index >= 15 is 0 Å². The van der Waals surface area contributed by atoms with Gasteiger partial charge in [0.25, 0.3) is 0 Å². The van der Waals surface area contributed by atoms with Crippen molar-refractivity contribution < 1.29 is 4.39 Å². The molecule has 2 aromatic carbocycles. The van der Waals surface area contributed by atoms with Gasteiger partial charge in [-0.25, -0.2) is 4.39 Å². The minimum Gasteiger partial charge on any atom is -0.399 e. The first-order chi connectivity index (χ1) is 9.60. The zero-order chi connectivity index (χ0) is 14.5. The van der Waals surface area contributed by atoms with Crippen molar-refractivity contribution in [1.29, 1.82) is 0 Å². The molecule has 2 N–H and O–H groups in total. The van der Waals surface area contributed by atoms with Crippen LogP contribution in [-0.2, 0) is 6.54 Å². The van der Waals surface area contributed by atoms with E-state index in [-0.39, 0.29) is 5.82 Å². The van der Waals surface area contributed by atoms with Gasteiger partial charge in [0.15, 0.2) is 0 Å². The second-order valence-electron chi connectivity index (χ2n) is 4.75. The normalized spacial score (nSPS) is 10.6. The van der Waals surface area contributed by atoms with Crippen molar-refractivity contribution in [3.63, 3.8) is 0 Å². The van der Waals surface area contributed by atoms with Gasteiger partial charge in [0, 0.05) is 35.1 Å². The minimum atomic E-state index is -0.269.